The molecule has 2 heterocycles. The number of rotatable bonds is 6. The van der Waals surface area contributed by atoms with Crippen molar-refractivity contribution in [3.63, 3.8) is 0 Å². The van der Waals surface area contributed by atoms with E-state index in [1.165, 1.54) is 0 Å². The zero-order chi connectivity index (χ0) is 13.7. The molecule has 2 aromatic heterocycles. The maximum absolute atomic E-state index is 5.47. The lowest BCUT2D eigenvalue weighted by atomic mass is 10.3. The molecule has 7 heteroatoms. The molecule has 0 unspecified atom stereocenters. The number of hydrogen-bond acceptors (Lipinski definition) is 6. The molecular weight excluding hydrogens is 242 g/mol. The van der Waals surface area contributed by atoms with E-state index >= 15 is 0 Å². The fourth-order valence-corrected chi connectivity index (χ4v) is 1.76. The van der Waals surface area contributed by atoms with Crippen LogP contribution in [0, 0.1) is 6.92 Å². The first-order chi connectivity index (χ1) is 9.24. The van der Waals surface area contributed by atoms with Gasteiger partial charge in [-0.3, -0.25) is 0 Å². The summed E-state index contributed by atoms with van der Waals surface area (Å²) in [5, 5.41) is 3.31. The van der Waals surface area contributed by atoms with Gasteiger partial charge in [-0.25, -0.2) is 20.8 Å². The van der Waals surface area contributed by atoms with Gasteiger partial charge in [0.1, 0.15) is 17.5 Å². The Morgan fingerprint density at radius 1 is 1.32 bits per heavy atom. The number of nitrogen functional groups attached to an aromatic ring is 1. The third-order valence-corrected chi connectivity index (χ3v) is 2.87. The van der Waals surface area contributed by atoms with Gasteiger partial charge in [-0.05, 0) is 6.92 Å². The number of nitrogens with two attached hydrogens (primary N) is 1. The van der Waals surface area contributed by atoms with Crippen molar-refractivity contribution in [3.05, 3.63) is 30.1 Å². The highest BCUT2D eigenvalue weighted by atomic mass is 15.3. The second-order valence-electron chi connectivity index (χ2n) is 4.19. The van der Waals surface area contributed by atoms with Crippen molar-refractivity contribution in [2.75, 3.05) is 17.3 Å². The topological polar surface area (TPSA) is 93.7 Å². The lowest BCUT2D eigenvalue weighted by molar-refractivity contribution is 0.724. The van der Waals surface area contributed by atoms with E-state index in [-0.39, 0.29) is 0 Å². The van der Waals surface area contributed by atoms with Crippen molar-refractivity contribution < 1.29 is 0 Å². The lowest BCUT2D eigenvalue weighted by Gasteiger charge is -2.13. The molecule has 0 saturated carbocycles. The fourth-order valence-electron chi connectivity index (χ4n) is 1.76. The van der Waals surface area contributed by atoms with E-state index in [0.717, 1.165) is 36.7 Å². The van der Waals surface area contributed by atoms with Gasteiger partial charge in [-0.1, -0.05) is 6.92 Å². The summed E-state index contributed by atoms with van der Waals surface area (Å²) < 4.78 is 2.01. The highest BCUT2D eigenvalue weighted by molar-refractivity contribution is 5.56. The van der Waals surface area contributed by atoms with Gasteiger partial charge in [-0.2, -0.15) is 0 Å². The van der Waals surface area contributed by atoms with E-state index in [1.54, 1.807) is 12.5 Å². The molecule has 2 aromatic rings. The van der Waals surface area contributed by atoms with Crippen molar-refractivity contribution in [2.24, 2.45) is 5.84 Å². The smallest absolute Gasteiger partial charge is 0.148 e. The lowest BCUT2D eigenvalue weighted by Crippen LogP contribution is -2.16. The van der Waals surface area contributed by atoms with Gasteiger partial charge in [-0.15, -0.1) is 0 Å². The molecule has 0 aliphatic rings. The molecular formula is C12H19N7. The van der Waals surface area contributed by atoms with Crippen LogP contribution in [-0.2, 0) is 13.0 Å². The molecule has 0 fully saturated rings. The minimum absolute atomic E-state index is 0.664. The van der Waals surface area contributed by atoms with Crippen LogP contribution in [0.1, 0.15) is 18.3 Å². The van der Waals surface area contributed by atoms with Crippen LogP contribution in [0.5, 0.6) is 0 Å². The summed E-state index contributed by atoms with van der Waals surface area (Å²) in [6.45, 7) is 5.55. The van der Waals surface area contributed by atoms with Crippen LogP contribution in [0.4, 0.5) is 11.6 Å². The van der Waals surface area contributed by atoms with Crippen molar-refractivity contribution in [1.82, 2.24) is 19.5 Å². The predicted octanol–water partition coefficient (Wildman–Crippen LogP) is 0.942. The standard InChI is InChI=1S/C12H19N7/c1-3-10-16-11(9(2)12(17-10)18-13)15-5-7-19-6-4-14-8-19/h4,6,8H,3,5,7,13H2,1-2H3,(H2,15,16,17,18). The SMILES string of the molecule is CCc1nc(NN)c(C)c(NCCn2ccnc2)n1. The van der Waals surface area contributed by atoms with Crippen LogP contribution in [0.15, 0.2) is 18.7 Å². The predicted molar refractivity (Wildman–Crippen MR) is 74.7 cm³/mol. The summed E-state index contributed by atoms with van der Waals surface area (Å²) in [5.41, 5.74) is 3.53. The Balaban J connectivity index is 2.06. The van der Waals surface area contributed by atoms with Gasteiger partial charge < -0.3 is 15.3 Å². The molecule has 0 spiro atoms. The van der Waals surface area contributed by atoms with Gasteiger partial charge in [0, 0.05) is 37.5 Å². The molecule has 19 heavy (non-hydrogen) atoms. The molecule has 4 N–H and O–H groups in total. The van der Waals surface area contributed by atoms with Crippen LogP contribution in [0.3, 0.4) is 0 Å². The highest BCUT2D eigenvalue weighted by Crippen LogP contribution is 2.19. The number of nitrogens with one attached hydrogen (secondary N) is 2. The van der Waals surface area contributed by atoms with Crippen LogP contribution >= 0.6 is 0 Å². The van der Waals surface area contributed by atoms with Crippen molar-refractivity contribution in [3.8, 4) is 0 Å². The number of aromatic nitrogens is 4. The van der Waals surface area contributed by atoms with Gasteiger partial charge in [0.15, 0.2) is 0 Å². The summed E-state index contributed by atoms with van der Waals surface area (Å²) in [5.74, 6) is 7.72. The second-order valence-corrected chi connectivity index (χ2v) is 4.19. The average Bonchev–Trinajstić information content (AvgIpc) is 2.94. The largest absolute Gasteiger partial charge is 0.368 e. The van der Waals surface area contributed by atoms with E-state index in [9.17, 15) is 0 Å². The Kier molecular flexibility index (Phi) is 4.30. The van der Waals surface area contributed by atoms with Crippen LogP contribution in [0.25, 0.3) is 0 Å². The quantitative estimate of drug-likeness (QED) is 0.529. The van der Waals surface area contributed by atoms with Crippen molar-refractivity contribution in [1.29, 1.82) is 0 Å². The zero-order valence-corrected chi connectivity index (χ0v) is 11.2. The van der Waals surface area contributed by atoms with E-state index in [4.69, 9.17) is 5.84 Å². The number of nitrogens with zero attached hydrogens (tertiary/aromatic N) is 4. The number of anilines is 2. The molecule has 0 atom stereocenters. The van der Waals surface area contributed by atoms with E-state index < -0.39 is 0 Å². The van der Waals surface area contributed by atoms with Crippen LogP contribution < -0.4 is 16.6 Å². The minimum Gasteiger partial charge on any atom is -0.368 e. The van der Waals surface area contributed by atoms with Gasteiger partial charge in [0.05, 0.1) is 6.33 Å². The highest BCUT2D eigenvalue weighted by Gasteiger charge is 2.08. The van der Waals surface area contributed by atoms with Gasteiger partial charge in [0.2, 0.25) is 0 Å². The number of imidazole rings is 1. The normalized spacial score (nSPS) is 10.5. The number of hydrogen-bond donors (Lipinski definition) is 3. The second kappa shape index (κ2) is 6.14. The molecule has 0 aliphatic heterocycles. The first-order valence-electron chi connectivity index (χ1n) is 6.28. The molecule has 0 aromatic carbocycles. The average molecular weight is 261 g/mol. The first kappa shape index (κ1) is 13.3. The van der Waals surface area contributed by atoms with Gasteiger partial charge in [0.25, 0.3) is 0 Å². The fraction of sp³-hybridized carbons (Fsp3) is 0.417. The third kappa shape index (κ3) is 3.19. The van der Waals surface area contributed by atoms with Crippen LogP contribution in [0.2, 0.25) is 0 Å². The van der Waals surface area contributed by atoms with E-state index in [0.29, 0.717) is 5.82 Å². The Morgan fingerprint density at radius 2 is 2.11 bits per heavy atom. The molecule has 0 radical (unpaired) electrons. The Labute approximate surface area is 112 Å². The van der Waals surface area contributed by atoms with Gasteiger partial charge >= 0.3 is 0 Å². The maximum Gasteiger partial charge on any atom is 0.148 e. The Morgan fingerprint density at radius 3 is 2.74 bits per heavy atom. The maximum atomic E-state index is 5.47. The molecule has 0 amide bonds. The van der Waals surface area contributed by atoms with Crippen LogP contribution in [-0.4, -0.2) is 26.1 Å². The molecule has 102 valence electrons. The molecule has 0 aliphatic carbocycles. The first-order valence-corrected chi connectivity index (χ1v) is 6.28. The van der Waals surface area contributed by atoms with Crippen molar-refractivity contribution in [2.45, 2.75) is 26.8 Å². The molecule has 2 rings (SSSR count). The van der Waals surface area contributed by atoms with E-state index in [2.05, 4.69) is 25.7 Å². The Bertz CT molecular complexity index is 521. The zero-order valence-electron chi connectivity index (χ0n) is 11.2. The molecule has 7 nitrogen and oxygen atoms in total. The summed E-state index contributed by atoms with van der Waals surface area (Å²) >= 11 is 0. The summed E-state index contributed by atoms with van der Waals surface area (Å²) in [7, 11) is 0. The summed E-state index contributed by atoms with van der Waals surface area (Å²) in [6.07, 6.45) is 6.25. The monoisotopic (exact) mass is 261 g/mol. The minimum atomic E-state index is 0.664. The third-order valence-electron chi connectivity index (χ3n) is 2.87. The summed E-state index contributed by atoms with van der Waals surface area (Å²) in [4.78, 5) is 12.8. The number of hydrazine groups is 1. The van der Waals surface area contributed by atoms with Crippen molar-refractivity contribution >= 4 is 11.6 Å². The molecule has 0 saturated heterocycles. The molecule has 0 bridgehead atoms. The van der Waals surface area contributed by atoms with E-state index in [1.807, 2.05) is 24.6 Å². The summed E-state index contributed by atoms with van der Waals surface area (Å²) in [6, 6.07) is 0. The Hall–Kier alpha value is -2.15. The number of aryl methyl sites for hydroxylation is 1.